The molecular weight excluding hydrogens is 318 g/mol. The molecule has 0 aromatic heterocycles. The van der Waals surface area contributed by atoms with Crippen LogP contribution in [0.1, 0.15) is 37.7 Å². The van der Waals surface area contributed by atoms with Crippen molar-refractivity contribution in [3.05, 3.63) is 23.8 Å². The van der Waals surface area contributed by atoms with E-state index in [1.165, 1.54) is 13.2 Å². The molecule has 0 heterocycles. The van der Waals surface area contributed by atoms with E-state index < -0.39 is 9.84 Å². The molecule has 0 radical (unpaired) electrons. The van der Waals surface area contributed by atoms with Crippen LogP contribution in [0, 0.1) is 0 Å². The molecule has 128 valence electrons. The van der Waals surface area contributed by atoms with Gasteiger partial charge in [-0.15, -0.1) is 0 Å². The lowest BCUT2D eigenvalue weighted by molar-refractivity contribution is -0.120. The maximum atomic E-state index is 12.1. The van der Waals surface area contributed by atoms with Crippen molar-refractivity contribution in [3.63, 3.8) is 0 Å². The number of carbonyl (C=O) groups excluding carboxylic acids is 1. The highest BCUT2D eigenvalue weighted by Crippen LogP contribution is 2.26. The molecule has 6 nitrogen and oxygen atoms in total. The second-order valence-electron chi connectivity index (χ2n) is 5.81. The predicted octanol–water partition coefficient (Wildman–Crippen LogP) is 1.76. The molecule has 1 aromatic carbocycles. The van der Waals surface area contributed by atoms with Crippen molar-refractivity contribution in [1.82, 2.24) is 5.32 Å². The van der Waals surface area contributed by atoms with E-state index in [-0.39, 0.29) is 35.6 Å². The zero-order valence-corrected chi connectivity index (χ0v) is 14.1. The number of amides is 1. The largest absolute Gasteiger partial charge is 0.504 e. The number of carbonyl (C=O) groups is 1. The third-order valence-corrected chi connectivity index (χ3v) is 6.42. The van der Waals surface area contributed by atoms with Gasteiger partial charge in [0, 0.05) is 13.0 Å². The number of phenols is 1. The molecule has 0 spiro atoms. The molecule has 1 saturated carbocycles. The molecule has 1 amide bonds. The SMILES string of the molecule is COc1cc(CNC(=O)CCS(=O)(=O)C2CCCC2)ccc1O. The maximum absolute atomic E-state index is 12.1. The van der Waals surface area contributed by atoms with Crippen molar-refractivity contribution in [2.75, 3.05) is 12.9 Å². The Morgan fingerprint density at radius 3 is 2.70 bits per heavy atom. The van der Waals surface area contributed by atoms with Gasteiger partial charge in [-0.2, -0.15) is 0 Å². The predicted molar refractivity (Wildman–Crippen MR) is 87.2 cm³/mol. The number of rotatable bonds is 7. The Labute approximate surface area is 136 Å². The summed E-state index contributed by atoms with van der Waals surface area (Å²) in [4.78, 5) is 11.8. The van der Waals surface area contributed by atoms with Crippen molar-refractivity contribution in [3.8, 4) is 11.5 Å². The zero-order chi connectivity index (χ0) is 16.9. The van der Waals surface area contributed by atoms with Crippen LogP contribution in [-0.4, -0.2) is 37.5 Å². The van der Waals surface area contributed by atoms with Gasteiger partial charge in [-0.3, -0.25) is 4.79 Å². The van der Waals surface area contributed by atoms with E-state index in [0.29, 0.717) is 5.75 Å². The summed E-state index contributed by atoms with van der Waals surface area (Å²) >= 11 is 0. The molecule has 1 aliphatic rings. The van der Waals surface area contributed by atoms with Gasteiger partial charge in [-0.05, 0) is 30.5 Å². The molecule has 7 heteroatoms. The van der Waals surface area contributed by atoms with Crippen molar-refractivity contribution in [1.29, 1.82) is 0 Å². The zero-order valence-electron chi connectivity index (χ0n) is 13.2. The van der Waals surface area contributed by atoms with Crippen LogP contribution in [0.25, 0.3) is 0 Å². The van der Waals surface area contributed by atoms with Gasteiger partial charge in [0.2, 0.25) is 5.91 Å². The van der Waals surface area contributed by atoms with E-state index >= 15 is 0 Å². The Balaban J connectivity index is 1.81. The monoisotopic (exact) mass is 341 g/mol. The molecule has 0 atom stereocenters. The summed E-state index contributed by atoms with van der Waals surface area (Å²) in [5.74, 6) is -0.0213. The Morgan fingerprint density at radius 2 is 2.04 bits per heavy atom. The Kier molecular flexibility index (Phi) is 5.87. The van der Waals surface area contributed by atoms with Gasteiger partial charge in [-0.1, -0.05) is 18.9 Å². The average Bonchev–Trinajstić information content (AvgIpc) is 3.07. The highest BCUT2D eigenvalue weighted by atomic mass is 32.2. The van der Waals surface area contributed by atoms with Gasteiger partial charge in [-0.25, -0.2) is 8.42 Å². The fourth-order valence-corrected chi connectivity index (χ4v) is 4.62. The van der Waals surface area contributed by atoms with Gasteiger partial charge in [0.1, 0.15) is 0 Å². The van der Waals surface area contributed by atoms with E-state index in [1.807, 2.05) is 0 Å². The maximum Gasteiger partial charge on any atom is 0.221 e. The van der Waals surface area contributed by atoms with E-state index in [0.717, 1.165) is 31.2 Å². The van der Waals surface area contributed by atoms with Crippen LogP contribution in [0.3, 0.4) is 0 Å². The topological polar surface area (TPSA) is 92.7 Å². The van der Waals surface area contributed by atoms with Gasteiger partial charge in [0.05, 0.1) is 18.1 Å². The summed E-state index contributed by atoms with van der Waals surface area (Å²) in [7, 11) is -1.72. The average molecular weight is 341 g/mol. The first kappa shape index (κ1) is 17.6. The van der Waals surface area contributed by atoms with E-state index in [4.69, 9.17) is 4.74 Å². The van der Waals surface area contributed by atoms with Crippen molar-refractivity contribution < 1.29 is 23.1 Å². The summed E-state index contributed by atoms with van der Waals surface area (Å²) in [6.45, 7) is 0.263. The van der Waals surface area contributed by atoms with E-state index in [2.05, 4.69) is 5.32 Å². The minimum atomic E-state index is -3.17. The second kappa shape index (κ2) is 7.68. The highest BCUT2D eigenvalue weighted by molar-refractivity contribution is 7.92. The number of phenolic OH excluding ortho intramolecular Hbond substituents is 1. The van der Waals surface area contributed by atoms with Gasteiger partial charge < -0.3 is 15.2 Å². The number of aromatic hydroxyl groups is 1. The van der Waals surface area contributed by atoms with Crippen LogP contribution < -0.4 is 10.1 Å². The third-order valence-electron chi connectivity index (χ3n) is 4.16. The minimum absolute atomic E-state index is 0.0198. The molecule has 1 fully saturated rings. The molecular formula is C16H23NO5S. The first-order valence-electron chi connectivity index (χ1n) is 7.76. The number of sulfone groups is 1. The normalized spacial score (nSPS) is 15.5. The molecule has 1 aromatic rings. The fourth-order valence-electron chi connectivity index (χ4n) is 2.77. The second-order valence-corrected chi connectivity index (χ2v) is 8.21. The van der Waals surface area contributed by atoms with E-state index in [1.54, 1.807) is 12.1 Å². The van der Waals surface area contributed by atoms with Crippen LogP contribution in [0.2, 0.25) is 0 Å². The number of benzene rings is 1. The summed E-state index contributed by atoms with van der Waals surface area (Å²) in [6, 6.07) is 4.79. The van der Waals surface area contributed by atoms with Crippen LogP contribution in [0.15, 0.2) is 18.2 Å². The summed E-state index contributed by atoms with van der Waals surface area (Å²) < 4.78 is 29.2. The Hall–Kier alpha value is -1.76. The van der Waals surface area contributed by atoms with Gasteiger partial charge in [0.15, 0.2) is 21.3 Å². The number of ether oxygens (including phenoxy) is 1. The molecule has 1 aliphatic carbocycles. The molecule has 0 saturated heterocycles. The molecule has 2 N–H and O–H groups in total. The molecule has 0 aliphatic heterocycles. The Morgan fingerprint density at radius 1 is 1.35 bits per heavy atom. The summed E-state index contributed by atoms with van der Waals surface area (Å²) in [5.41, 5.74) is 0.770. The van der Waals surface area contributed by atoms with Gasteiger partial charge in [0.25, 0.3) is 0 Å². The number of hydrogen-bond acceptors (Lipinski definition) is 5. The number of nitrogens with one attached hydrogen (secondary N) is 1. The molecule has 23 heavy (non-hydrogen) atoms. The fraction of sp³-hybridized carbons (Fsp3) is 0.562. The van der Waals surface area contributed by atoms with Crippen LogP contribution in [0.4, 0.5) is 0 Å². The minimum Gasteiger partial charge on any atom is -0.504 e. The van der Waals surface area contributed by atoms with Crippen LogP contribution in [0.5, 0.6) is 11.5 Å². The third kappa shape index (κ3) is 4.86. The quantitative estimate of drug-likeness (QED) is 0.788. The van der Waals surface area contributed by atoms with Gasteiger partial charge >= 0.3 is 0 Å². The summed E-state index contributed by atoms with van der Waals surface area (Å²) in [6.07, 6.45) is 3.33. The Bertz CT molecular complexity index is 650. The van der Waals surface area contributed by atoms with Crippen molar-refractivity contribution >= 4 is 15.7 Å². The lowest BCUT2D eigenvalue weighted by Crippen LogP contribution is -2.28. The van der Waals surface area contributed by atoms with Crippen molar-refractivity contribution in [2.24, 2.45) is 0 Å². The molecule has 2 rings (SSSR count). The first-order chi connectivity index (χ1) is 10.9. The lowest BCUT2D eigenvalue weighted by atomic mass is 10.2. The lowest BCUT2D eigenvalue weighted by Gasteiger charge is -2.11. The van der Waals surface area contributed by atoms with Crippen LogP contribution >= 0.6 is 0 Å². The van der Waals surface area contributed by atoms with Crippen molar-refractivity contribution in [2.45, 2.75) is 43.9 Å². The molecule has 0 bridgehead atoms. The van der Waals surface area contributed by atoms with E-state index in [9.17, 15) is 18.3 Å². The number of methoxy groups -OCH3 is 1. The number of hydrogen-bond donors (Lipinski definition) is 2. The smallest absolute Gasteiger partial charge is 0.221 e. The molecule has 0 unspecified atom stereocenters. The highest BCUT2D eigenvalue weighted by Gasteiger charge is 2.28. The standard InChI is InChI=1S/C16H23NO5S/c1-22-15-10-12(6-7-14(15)18)11-17-16(19)8-9-23(20,21)13-4-2-3-5-13/h6-7,10,13,18H,2-5,8-9,11H2,1H3,(H,17,19). The first-order valence-corrected chi connectivity index (χ1v) is 9.48. The summed E-state index contributed by atoms with van der Waals surface area (Å²) in [5, 5.41) is 11.9. The van der Waals surface area contributed by atoms with Crippen LogP contribution in [-0.2, 0) is 21.2 Å².